The van der Waals surface area contributed by atoms with E-state index < -0.39 is 11.7 Å². The monoisotopic (exact) mass is 523 g/mol. The lowest BCUT2D eigenvalue weighted by molar-refractivity contribution is -0.118. The number of halogens is 2. The van der Waals surface area contributed by atoms with Crippen molar-refractivity contribution in [3.63, 3.8) is 0 Å². The predicted molar refractivity (Wildman–Crippen MR) is 130 cm³/mol. The molecule has 0 aliphatic carbocycles. The largest absolute Gasteiger partial charge is 0.497 e. The van der Waals surface area contributed by atoms with Crippen LogP contribution in [0.3, 0.4) is 0 Å². The van der Waals surface area contributed by atoms with Gasteiger partial charge in [0.05, 0.1) is 11.6 Å². The normalized spacial score (nSPS) is 10.7. The van der Waals surface area contributed by atoms with Gasteiger partial charge in [-0.2, -0.15) is 5.26 Å². The first-order chi connectivity index (χ1) is 16.4. The summed E-state index contributed by atoms with van der Waals surface area (Å²) in [4.78, 5) is 24.5. The lowest BCUT2D eigenvalue weighted by atomic mass is 10.1. The number of methoxy groups -OCH3 is 1. The highest BCUT2D eigenvalue weighted by atomic mass is 79.9. The van der Waals surface area contributed by atoms with Crippen molar-refractivity contribution in [1.82, 2.24) is 0 Å². The molecule has 9 heteroatoms. The number of ether oxygens (including phenoxy) is 2. The SMILES string of the molecule is COc1ccc(NC(=O)COc2ccc(/C=C(\C#N)C(=O)Nc3ccc(F)cc3)cc2Br)cc1. The topological polar surface area (TPSA) is 100 Å². The average molecular weight is 524 g/mol. The maximum absolute atomic E-state index is 13.0. The zero-order valence-corrected chi connectivity index (χ0v) is 19.6. The number of benzene rings is 3. The van der Waals surface area contributed by atoms with Gasteiger partial charge in [-0.15, -0.1) is 0 Å². The van der Waals surface area contributed by atoms with Gasteiger partial charge in [0.15, 0.2) is 6.61 Å². The molecule has 3 aromatic rings. The summed E-state index contributed by atoms with van der Waals surface area (Å²) in [5.41, 5.74) is 1.40. The van der Waals surface area contributed by atoms with Crippen molar-refractivity contribution in [3.8, 4) is 17.6 Å². The summed E-state index contributed by atoms with van der Waals surface area (Å²) < 4.78 is 24.2. The maximum atomic E-state index is 13.0. The summed E-state index contributed by atoms with van der Waals surface area (Å²) in [7, 11) is 1.56. The predicted octanol–water partition coefficient (Wildman–Crippen LogP) is 5.16. The van der Waals surface area contributed by atoms with Gasteiger partial charge in [-0.25, -0.2) is 4.39 Å². The summed E-state index contributed by atoms with van der Waals surface area (Å²) in [5, 5.41) is 14.6. The van der Waals surface area contributed by atoms with E-state index in [1.54, 1.807) is 49.6 Å². The van der Waals surface area contributed by atoms with Crippen molar-refractivity contribution in [2.75, 3.05) is 24.4 Å². The Morgan fingerprint density at radius 2 is 1.68 bits per heavy atom. The van der Waals surface area contributed by atoms with Gasteiger partial charge in [0.1, 0.15) is 29.0 Å². The molecule has 3 aromatic carbocycles. The molecule has 0 heterocycles. The van der Waals surface area contributed by atoms with Crippen LogP contribution in [0.25, 0.3) is 6.08 Å². The van der Waals surface area contributed by atoms with E-state index in [-0.39, 0.29) is 18.1 Å². The minimum atomic E-state index is -0.624. The summed E-state index contributed by atoms with van der Waals surface area (Å²) in [6.07, 6.45) is 1.41. The molecule has 172 valence electrons. The molecule has 0 unspecified atom stereocenters. The molecule has 0 saturated heterocycles. The van der Waals surface area contributed by atoms with E-state index >= 15 is 0 Å². The fourth-order valence-electron chi connectivity index (χ4n) is 2.79. The Balaban J connectivity index is 1.60. The Morgan fingerprint density at radius 3 is 2.29 bits per heavy atom. The second-order valence-electron chi connectivity index (χ2n) is 6.89. The number of hydrogen-bond donors (Lipinski definition) is 2. The van der Waals surface area contributed by atoms with Crippen molar-refractivity contribution in [3.05, 3.63) is 88.2 Å². The second kappa shape index (κ2) is 11.6. The van der Waals surface area contributed by atoms with E-state index in [1.807, 2.05) is 6.07 Å². The highest BCUT2D eigenvalue weighted by Crippen LogP contribution is 2.27. The lowest BCUT2D eigenvalue weighted by Gasteiger charge is -2.10. The summed E-state index contributed by atoms with van der Waals surface area (Å²) >= 11 is 3.37. The Morgan fingerprint density at radius 1 is 1.03 bits per heavy atom. The quantitative estimate of drug-likeness (QED) is 0.313. The zero-order chi connectivity index (χ0) is 24.5. The Kier molecular flexibility index (Phi) is 8.37. The third-order valence-corrected chi connectivity index (χ3v) is 5.09. The lowest BCUT2D eigenvalue weighted by Crippen LogP contribution is -2.20. The van der Waals surface area contributed by atoms with E-state index in [1.165, 1.54) is 30.3 Å². The van der Waals surface area contributed by atoms with Crippen LogP contribution in [0.1, 0.15) is 5.56 Å². The van der Waals surface area contributed by atoms with Gasteiger partial charge in [-0.3, -0.25) is 9.59 Å². The third kappa shape index (κ3) is 6.92. The first-order valence-corrected chi connectivity index (χ1v) is 10.7. The van der Waals surface area contributed by atoms with Crippen LogP contribution < -0.4 is 20.1 Å². The number of carbonyl (C=O) groups excluding carboxylic acids is 2. The van der Waals surface area contributed by atoms with Crippen molar-refractivity contribution >= 4 is 45.2 Å². The van der Waals surface area contributed by atoms with E-state index in [0.717, 1.165) is 0 Å². The van der Waals surface area contributed by atoms with Crippen molar-refractivity contribution in [1.29, 1.82) is 5.26 Å². The van der Waals surface area contributed by atoms with Crippen LogP contribution in [-0.4, -0.2) is 25.5 Å². The van der Waals surface area contributed by atoms with Crippen molar-refractivity contribution in [2.45, 2.75) is 0 Å². The van der Waals surface area contributed by atoms with Crippen LogP contribution in [0.15, 0.2) is 76.8 Å². The molecule has 7 nitrogen and oxygen atoms in total. The molecule has 0 aliphatic rings. The first-order valence-electron chi connectivity index (χ1n) is 9.93. The van der Waals surface area contributed by atoms with E-state index in [4.69, 9.17) is 9.47 Å². The number of anilines is 2. The number of rotatable bonds is 8. The average Bonchev–Trinajstić information content (AvgIpc) is 2.83. The molecule has 2 amide bonds. The van der Waals surface area contributed by atoms with E-state index in [0.29, 0.717) is 32.9 Å². The molecule has 0 aromatic heterocycles. The molecule has 0 radical (unpaired) electrons. The highest BCUT2D eigenvalue weighted by molar-refractivity contribution is 9.10. The summed E-state index contributed by atoms with van der Waals surface area (Å²) in [5.74, 6) is -0.304. The summed E-state index contributed by atoms with van der Waals surface area (Å²) in [6.45, 7) is -0.219. The van der Waals surface area contributed by atoms with Crippen LogP contribution in [0, 0.1) is 17.1 Å². The molecule has 0 saturated carbocycles. The van der Waals surface area contributed by atoms with E-state index in [2.05, 4.69) is 26.6 Å². The third-order valence-electron chi connectivity index (χ3n) is 4.47. The molecular weight excluding hydrogens is 505 g/mol. The van der Waals surface area contributed by atoms with Crippen LogP contribution in [0.2, 0.25) is 0 Å². The van der Waals surface area contributed by atoms with Gasteiger partial charge in [0.2, 0.25) is 0 Å². The number of nitriles is 1. The van der Waals surface area contributed by atoms with E-state index in [9.17, 15) is 19.2 Å². The number of amides is 2. The smallest absolute Gasteiger partial charge is 0.266 e. The van der Waals surface area contributed by atoms with Gasteiger partial charge in [-0.05, 0) is 88.2 Å². The molecule has 0 bridgehead atoms. The van der Waals surface area contributed by atoms with Gasteiger partial charge >= 0.3 is 0 Å². The molecule has 3 rings (SSSR count). The number of hydrogen-bond acceptors (Lipinski definition) is 5. The molecular formula is C25H19BrFN3O4. The van der Waals surface area contributed by atoms with Crippen molar-refractivity contribution in [2.24, 2.45) is 0 Å². The molecule has 34 heavy (non-hydrogen) atoms. The van der Waals surface area contributed by atoms with Gasteiger partial charge < -0.3 is 20.1 Å². The van der Waals surface area contributed by atoms with Crippen molar-refractivity contribution < 1.29 is 23.5 Å². The second-order valence-corrected chi connectivity index (χ2v) is 7.74. The van der Waals surface area contributed by atoms with Gasteiger partial charge in [0.25, 0.3) is 11.8 Å². The van der Waals surface area contributed by atoms with Gasteiger partial charge in [0, 0.05) is 11.4 Å². The van der Waals surface area contributed by atoms with Crippen LogP contribution >= 0.6 is 15.9 Å². The first kappa shape index (κ1) is 24.5. The van der Waals surface area contributed by atoms with Gasteiger partial charge in [-0.1, -0.05) is 6.07 Å². The molecule has 2 N–H and O–H groups in total. The minimum Gasteiger partial charge on any atom is -0.497 e. The Labute approximate surface area is 203 Å². The fraction of sp³-hybridized carbons (Fsp3) is 0.0800. The number of carbonyl (C=O) groups is 2. The Bertz CT molecular complexity index is 1250. The van der Waals surface area contributed by atoms with Crippen LogP contribution in [-0.2, 0) is 9.59 Å². The maximum Gasteiger partial charge on any atom is 0.266 e. The highest BCUT2D eigenvalue weighted by Gasteiger charge is 2.11. The van der Waals surface area contributed by atoms with Crippen LogP contribution in [0.4, 0.5) is 15.8 Å². The minimum absolute atomic E-state index is 0.135. The molecule has 0 aliphatic heterocycles. The fourth-order valence-corrected chi connectivity index (χ4v) is 3.30. The molecule has 0 atom stereocenters. The summed E-state index contributed by atoms with van der Waals surface area (Å²) in [6, 6.07) is 18.9. The number of nitrogens with zero attached hydrogens (tertiary/aromatic N) is 1. The Hall–Kier alpha value is -4.16. The zero-order valence-electron chi connectivity index (χ0n) is 18.0. The molecule has 0 spiro atoms. The standard InChI is InChI=1S/C25H19BrFN3O4/c1-33-21-9-7-19(8-10-21)29-24(31)15-34-23-11-2-16(13-22(23)26)12-17(14-28)25(32)30-20-5-3-18(27)4-6-20/h2-13H,15H2,1H3,(H,29,31)(H,30,32)/b17-12+. The van der Waals surface area contributed by atoms with Crippen LogP contribution in [0.5, 0.6) is 11.5 Å². The number of nitrogens with one attached hydrogen (secondary N) is 2. The molecule has 0 fully saturated rings.